The average Bonchev–Trinajstić information content (AvgIpc) is 3.13. The molecule has 0 radical (unpaired) electrons. The van der Waals surface area contributed by atoms with E-state index in [1.165, 1.54) is 0 Å². The van der Waals surface area contributed by atoms with Gasteiger partial charge in [-0.25, -0.2) is 0 Å². The fraction of sp³-hybridized carbons (Fsp3) is 0.185. The molecule has 0 bridgehead atoms. The van der Waals surface area contributed by atoms with Crippen LogP contribution in [0.3, 0.4) is 0 Å². The zero-order chi connectivity index (χ0) is 24.9. The topological polar surface area (TPSA) is 69.6 Å². The number of ether oxygens (including phenoxy) is 2. The predicted octanol–water partition coefficient (Wildman–Crippen LogP) is 5.69. The van der Waals surface area contributed by atoms with Crippen molar-refractivity contribution in [3.05, 3.63) is 93.6 Å². The third kappa shape index (κ3) is 5.45. The van der Waals surface area contributed by atoms with Crippen LogP contribution in [-0.4, -0.2) is 36.6 Å². The number of carbonyl (C=O) groups excluding carboxylic acids is 2. The largest absolute Gasteiger partial charge is 0.497 e. The fourth-order valence-corrected chi connectivity index (χ4v) is 4.25. The van der Waals surface area contributed by atoms with Crippen LogP contribution in [0.4, 0.5) is 0 Å². The molecule has 1 aromatic heterocycles. The highest BCUT2D eigenvalue weighted by Crippen LogP contribution is 2.31. The van der Waals surface area contributed by atoms with Gasteiger partial charge in [0.15, 0.2) is 0 Å². The fourth-order valence-electron chi connectivity index (χ4n) is 3.93. The Morgan fingerprint density at radius 1 is 1.00 bits per heavy atom. The molecule has 1 N–H and O–H groups in total. The molecule has 0 saturated carbocycles. The number of nitrogens with one attached hydrogen (secondary N) is 1. The molecule has 0 aliphatic heterocycles. The first-order chi connectivity index (χ1) is 16.9. The van der Waals surface area contributed by atoms with Gasteiger partial charge in [-0.05, 0) is 67.1 Å². The van der Waals surface area contributed by atoms with Gasteiger partial charge in [-0.3, -0.25) is 14.2 Å². The van der Waals surface area contributed by atoms with Crippen LogP contribution in [0.15, 0.2) is 66.7 Å². The molecule has 4 rings (SSSR count). The van der Waals surface area contributed by atoms with Crippen molar-refractivity contribution >= 4 is 45.9 Å². The van der Waals surface area contributed by atoms with E-state index in [4.69, 9.17) is 32.7 Å². The van der Waals surface area contributed by atoms with E-state index in [1.807, 2.05) is 31.2 Å². The number of methoxy groups -OCH3 is 1. The number of benzene rings is 3. The van der Waals surface area contributed by atoms with Gasteiger partial charge in [-0.2, -0.15) is 0 Å². The normalized spacial score (nSPS) is 10.9. The molecule has 0 saturated heterocycles. The maximum absolute atomic E-state index is 13.4. The number of nitrogens with zero attached hydrogens (tertiary/aromatic N) is 1. The first-order valence-electron chi connectivity index (χ1n) is 11.0. The van der Waals surface area contributed by atoms with Crippen LogP contribution in [0.25, 0.3) is 10.9 Å². The molecule has 0 unspecified atom stereocenters. The van der Waals surface area contributed by atoms with Crippen molar-refractivity contribution < 1.29 is 19.1 Å². The van der Waals surface area contributed by atoms with Crippen LogP contribution >= 0.6 is 23.2 Å². The van der Waals surface area contributed by atoms with E-state index in [-0.39, 0.29) is 24.8 Å². The molecular weight excluding hydrogens is 487 g/mol. The number of hydrogen-bond acceptors (Lipinski definition) is 4. The Bertz CT molecular complexity index is 1380. The van der Waals surface area contributed by atoms with Crippen LogP contribution in [0.2, 0.25) is 10.0 Å². The van der Waals surface area contributed by atoms with Gasteiger partial charge in [0.25, 0.3) is 5.91 Å². The van der Waals surface area contributed by atoms with Crippen LogP contribution in [0, 0.1) is 6.92 Å². The summed E-state index contributed by atoms with van der Waals surface area (Å²) in [6.07, 6.45) is 0.0997. The second-order valence-electron chi connectivity index (χ2n) is 7.90. The van der Waals surface area contributed by atoms with E-state index in [2.05, 4.69) is 5.32 Å². The van der Waals surface area contributed by atoms with Crippen molar-refractivity contribution in [2.24, 2.45) is 0 Å². The minimum atomic E-state index is -0.200. The number of carbonyl (C=O) groups is 2. The summed E-state index contributed by atoms with van der Waals surface area (Å²) in [5, 5.41) is 4.72. The molecule has 0 aliphatic rings. The average molecular weight is 511 g/mol. The lowest BCUT2D eigenvalue weighted by atomic mass is 10.1. The van der Waals surface area contributed by atoms with Crippen LogP contribution in [-0.2, 0) is 11.2 Å². The van der Waals surface area contributed by atoms with E-state index in [1.54, 1.807) is 54.1 Å². The molecule has 8 heteroatoms. The summed E-state index contributed by atoms with van der Waals surface area (Å²) < 4.78 is 12.6. The first-order valence-corrected chi connectivity index (χ1v) is 11.8. The molecule has 0 spiro atoms. The maximum Gasteiger partial charge on any atom is 0.262 e. The van der Waals surface area contributed by atoms with E-state index < -0.39 is 0 Å². The van der Waals surface area contributed by atoms with Crippen LogP contribution in [0.1, 0.15) is 21.6 Å². The summed E-state index contributed by atoms with van der Waals surface area (Å²) in [4.78, 5) is 26.2. The summed E-state index contributed by atoms with van der Waals surface area (Å²) in [5.41, 5.74) is 2.65. The van der Waals surface area contributed by atoms with Crippen molar-refractivity contribution in [1.29, 1.82) is 0 Å². The second kappa shape index (κ2) is 10.8. The van der Waals surface area contributed by atoms with Crippen molar-refractivity contribution in [2.75, 3.05) is 20.3 Å². The molecule has 35 heavy (non-hydrogen) atoms. The lowest BCUT2D eigenvalue weighted by Gasteiger charge is -2.10. The molecule has 3 aromatic carbocycles. The molecule has 0 aliphatic carbocycles. The molecule has 1 heterocycles. The third-order valence-electron chi connectivity index (χ3n) is 5.69. The molecule has 0 fully saturated rings. The number of amides is 1. The van der Waals surface area contributed by atoms with Crippen molar-refractivity contribution in [2.45, 2.75) is 13.3 Å². The standard InChI is InChI=1S/C27H24Cl2N2O4/c1-17-21(16-26(32)30-13-14-35-25-6-4-3-5-23(25)29)22-15-20(34-2)11-12-24(22)31(17)27(33)18-7-9-19(28)10-8-18/h3-12,15H,13-14,16H2,1-2H3,(H,30,32). The monoisotopic (exact) mass is 510 g/mol. The number of aromatic nitrogens is 1. The lowest BCUT2D eigenvalue weighted by molar-refractivity contribution is -0.120. The van der Waals surface area contributed by atoms with Crippen LogP contribution in [0.5, 0.6) is 11.5 Å². The van der Waals surface area contributed by atoms with Crippen molar-refractivity contribution in [1.82, 2.24) is 9.88 Å². The summed E-state index contributed by atoms with van der Waals surface area (Å²) in [7, 11) is 1.58. The third-order valence-corrected chi connectivity index (χ3v) is 6.26. The number of halogens is 2. The highest BCUT2D eigenvalue weighted by atomic mass is 35.5. The van der Waals surface area contributed by atoms with Crippen LogP contribution < -0.4 is 14.8 Å². The molecule has 0 atom stereocenters. The summed E-state index contributed by atoms with van der Waals surface area (Å²) in [6.45, 7) is 2.43. The molecular formula is C27H24Cl2N2O4. The maximum atomic E-state index is 13.4. The summed E-state index contributed by atoms with van der Waals surface area (Å²) in [6, 6.07) is 19.4. The zero-order valence-electron chi connectivity index (χ0n) is 19.3. The zero-order valence-corrected chi connectivity index (χ0v) is 20.8. The van der Waals surface area contributed by atoms with Gasteiger partial charge in [0.05, 0.1) is 30.6 Å². The van der Waals surface area contributed by atoms with Gasteiger partial charge in [-0.1, -0.05) is 35.3 Å². The second-order valence-corrected chi connectivity index (χ2v) is 8.74. The minimum Gasteiger partial charge on any atom is -0.497 e. The minimum absolute atomic E-state index is 0.0997. The van der Waals surface area contributed by atoms with E-state index in [0.717, 1.165) is 10.9 Å². The van der Waals surface area contributed by atoms with Crippen molar-refractivity contribution in [3.8, 4) is 11.5 Å². The summed E-state index contributed by atoms with van der Waals surface area (Å²) >= 11 is 12.1. The Labute approximate surface area is 213 Å². The van der Waals surface area contributed by atoms with E-state index in [9.17, 15) is 9.59 Å². The van der Waals surface area contributed by atoms with Gasteiger partial charge in [0.2, 0.25) is 5.91 Å². The van der Waals surface area contributed by atoms with Gasteiger partial charge >= 0.3 is 0 Å². The van der Waals surface area contributed by atoms with Gasteiger partial charge in [0, 0.05) is 21.7 Å². The number of fused-ring (bicyclic) bond motifs is 1. The smallest absolute Gasteiger partial charge is 0.262 e. The van der Waals surface area contributed by atoms with E-state index in [0.29, 0.717) is 44.9 Å². The first kappa shape index (κ1) is 24.6. The Hall–Kier alpha value is -3.48. The Morgan fingerprint density at radius 2 is 1.74 bits per heavy atom. The molecule has 180 valence electrons. The van der Waals surface area contributed by atoms with Gasteiger partial charge < -0.3 is 14.8 Å². The number of rotatable bonds is 8. The van der Waals surface area contributed by atoms with Crippen molar-refractivity contribution in [3.63, 3.8) is 0 Å². The number of hydrogen-bond donors (Lipinski definition) is 1. The Balaban J connectivity index is 1.55. The molecule has 1 amide bonds. The Kier molecular flexibility index (Phi) is 7.63. The SMILES string of the molecule is COc1ccc2c(c1)c(CC(=O)NCCOc1ccccc1Cl)c(C)n2C(=O)c1ccc(Cl)cc1. The lowest BCUT2D eigenvalue weighted by Crippen LogP contribution is -2.29. The highest BCUT2D eigenvalue weighted by molar-refractivity contribution is 6.32. The number of para-hydroxylation sites is 1. The van der Waals surface area contributed by atoms with E-state index >= 15 is 0 Å². The Morgan fingerprint density at radius 3 is 2.46 bits per heavy atom. The molecule has 4 aromatic rings. The summed E-state index contributed by atoms with van der Waals surface area (Å²) in [5.74, 6) is 0.823. The highest BCUT2D eigenvalue weighted by Gasteiger charge is 2.22. The van der Waals surface area contributed by atoms with Gasteiger partial charge in [0.1, 0.15) is 18.1 Å². The predicted molar refractivity (Wildman–Crippen MR) is 138 cm³/mol. The molecule has 6 nitrogen and oxygen atoms in total. The quantitative estimate of drug-likeness (QED) is 0.309. The van der Waals surface area contributed by atoms with Gasteiger partial charge in [-0.15, -0.1) is 0 Å².